The van der Waals surface area contributed by atoms with E-state index in [0.29, 0.717) is 95.4 Å². The van der Waals surface area contributed by atoms with Crippen molar-refractivity contribution in [2.75, 3.05) is 81.4 Å². The van der Waals surface area contributed by atoms with Gasteiger partial charge in [-0.2, -0.15) is 11.8 Å². The number of hydrogen-bond acceptors (Lipinski definition) is 11. The lowest BCUT2D eigenvalue weighted by molar-refractivity contribution is -0.125. The first-order valence-electron chi connectivity index (χ1n) is 20.9. The molecule has 0 spiro atoms. The summed E-state index contributed by atoms with van der Waals surface area (Å²) in [7, 11) is 3.18. The fourth-order valence-corrected chi connectivity index (χ4v) is 10.5. The summed E-state index contributed by atoms with van der Waals surface area (Å²) in [5.41, 5.74) is 5.11. The highest BCUT2D eigenvalue weighted by Crippen LogP contribution is 2.34. The number of thioether (sulfide) groups is 1. The third kappa shape index (κ3) is 16.3. The summed E-state index contributed by atoms with van der Waals surface area (Å²) in [5, 5.41) is 15.0. The van der Waals surface area contributed by atoms with Crippen molar-refractivity contribution in [3.8, 4) is 0 Å². The Morgan fingerprint density at radius 3 is 2.18 bits per heavy atom. The van der Waals surface area contributed by atoms with Gasteiger partial charge in [-0.15, -0.1) is 0 Å². The van der Waals surface area contributed by atoms with Gasteiger partial charge < -0.3 is 45.7 Å². The van der Waals surface area contributed by atoms with E-state index in [-0.39, 0.29) is 54.6 Å². The standard InChI is InChI=1S/C43H60N6O8S3/c1-31-28-32-8-2-3-9-33(32)29-49(36-11-5-4-10-34(31)36)41(53)15-14-39(51)46-19-27-60-59-26-16-40(52)45-18-21-56-23-25-57-24-22-55-20-17-44-38(50)13-7-6-12-37-42-35(30-58-37)47-43(54)48-42/h2-5,8-11,28,35,37,42H,6-7,12-27,29-30H2,1H3,(H,44,50)(H,45,52)(H,46,51)(H2,47,48,54)/b31-28-/t35-,37-,42-/m0/s1. The van der Waals surface area contributed by atoms with Gasteiger partial charge in [-0.05, 0) is 42.5 Å². The quantitative estimate of drug-likeness (QED) is 0.0475. The molecule has 0 unspecified atom stereocenters. The SMILES string of the molecule is C/C1=C/c2ccccc2CN(C(=O)CCC(=O)NCCSSCCC(=O)NCCOCCOCCOCCNC(=O)CCCC[C@@H]2SC[C@@H]3NC(=O)N[C@@H]32)c2ccccc21. The highest BCUT2D eigenvalue weighted by molar-refractivity contribution is 8.76. The van der Waals surface area contributed by atoms with Gasteiger partial charge >= 0.3 is 6.03 Å². The van der Waals surface area contributed by atoms with Crippen LogP contribution < -0.4 is 31.5 Å². The zero-order valence-corrected chi connectivity index (χ0v) is 37.0. The Morgan fingerprint density at radius 1 is 0.750 bits per heavy atom. The predicted octanol–water partition coefficient (Wildman–Crippen LogP) is 4.77. The molecule has 0 aliphatic carbocycles. The fraction of sp³-hybridized carbons (Fsp3) is 0.558. The minimum absolute atomic E-state index is 0.0262. The third-order valence-electron chi connectivity index (χ3n) is 10.2. The minimum Gasteiger partial charge on any atom is -0.377 e. The summed E-state index contributed by atoms with van der Waals surface area (Å²) in [5.74, 6) is 2.04. The van der Waals surface area contributed by atoms with Crippen LogP contribution in [0.3, 0.4) is 0 Å². The largest absolute Gasteiger partial charge is 0.377 e. The van der Waals surface area contributed by atoms with Crippen LogP contribution in [0.1, 0.15) is 68.6 Å². The first-order chi connectivity index (χ1) is 29.3. The smallest absolute Gasteiger partial charge is 0.315 e. The molecule has 60 heavy (non-hydrogen) atoms. The zero-order chi connectivity index (χ0) is 42.4. The summed E-state index contributed by atoms with van der Waals surface area (Å²) < 4.78 is 16.6. The van der Waals surface area contributed by atoms with Gasteiger partial charge in [0.05, 0.1) is 64.0 Å². The molecule has 5 rings (SSSR count). The number of amides is 6. The Balaban J connectivity index is 0.767. The molecule has 5 N–H and O–H groups in total. The van der Waals surface area contributed by atoms with Crippen LogP contribution in [-0.4, -0.2) is 124 Å². The molecule has 17 heteroatoms. The molecule has 3 aliphatic heterocycles. The second-order valence-electron chi connectivity index (χ2n) is 14.7. The molecule has 2 aromatic carbocycles. The highest BCUT2D eigenvalue weighted by atomic mass is 33.1. The van der Waals surface area contributed by atoms with Crippen molar-refractivity contribution >= 4 is 80.3 Å². The number of hydrogen-bond donors (Lipinski definition) is 5. The molecular formula is C43H60N6O8S3. The number of ether oxygens (including phenoxy) is 3. The Morgan fingerprint density at radius 2 is 1.40 bits per heavy atom. The van der Waals surface area contributed by atoms with Crippen molar-refractivity contribution in [3.05, 3.63) is 65.2 Å². The van der Waals surface area contributed by atoms with Crippen LogP contribution in [0.5, 0.6) is 0 Å². The van der Waals surface area contributed by atoms with Crippen LogP contribution in [0, 0.1) is 0 Å². The Hall–Kier alpha value is -3.74. The van der Waals surface area contributed by atoms with E-state index in [1.54, 1.807) is 26.5 Å². The van der Waals surface area contributed by atoms with Gasteiger partial charge in [0.25, 0.3) is 0 Å². The van der Waals surface area contributed by atoms with Crippen molar-refractivity contribution < 1.29 is 38.2 Å². The lowest BCUT2D eigenvalue weighted by Gasteiger charge is -2.28. The summed E-state index contributed by atoms with van der Waals surface area (Å²) in [6.07, 6.45) is 6.06. The second-order valence-corrected chi connectivity index (χ2v) is 18.6. The van der Waals surface area contributed by atoms with Gasteiger partial charge in [0.1, 0.15) is 0 Å². The monoisotopic (exact) mass is 884 g/mol. The molecular weight excluding hydrogens is 825 g/mol. The molecule has 0 saturated carbocycles. The molecule has 6 amide bonds. The van der Waals surface area contributed by atoms with E-state index in [4.69, 9.17) is 14.2 Å². The zero-order valence-electron chi connectivity index (χ0n) is 34.5. The van der Waals surface area contributed by atoms with Crippen LogP contribution in [0.15, 0.2) is 48.5 Å². The van der Waals surface area contributed by atoms with E-state index in [0.717, 1.165) is 53.0 Å². The third-order valence-corrected chi connectivity index (χ3v) is 14.1. The number of carbonyl (C=O) groups is 5. The lowest BCUT2D eigenvalue weighted by Crippen LogP contribution is -2.36. The van der Waals surface area contributed by atoms with E-state index in [1.807, 2.05) is 54.2 Å². The van der Waals surface area contributed by atoms with Crippen LogP contribution in [0.4, 0.5) is 10.5 Å². The molecule has 0 radical (unpaired) electrons. The predicted molar refractivity (Wildman–Crippen MR) is 242 cm³/mol. The molecule has 2 saturated heterocycles. The normalized spacial score (nSPS) is 18.8. The molecule has 0 bridgehead atoms. The fourth-order valence-electron chi connectivity index (χ4n) is 7.10. The van der Waals surface area contributed by atoms with Gasteiger partial charge in [0.2, 0.25) is 23.6 Å². The van der Waals surface area contributed by atoms with Crippen LogP contribution >= 0.6 is 33.3 Å². The lowest BCUT2D eigenvalue weighted by atomic mass is 9.96. The summed E-state index contributed by atoms with van der Waals surface area (Å²) in [6, 6.07) is 16.4. The molecule has 2 fully saturated rings. The van der Waals surface area contributed by atoms with Crippen LogP contribution in [0.25, 0.3) is 11.6 Å². The van der Waals surface area contributed by atoms with Crippen LogP contribution in [-0.2, 0) is 39.9 Å². The van der Waals surface area contributed by atoms with E-state index >= 15 is 0 Å². The number of carbonyl (C=O) groups excluding carboxylic acids is 5. The van der Waals surface area contributed by atoms with Gasteiger partial charge in [-0.25, -0.2) is 4.79 Å². The number of allylic oxidation sites excluding steroid dienone is 1. The topological polar surface area (TPSA) is 176 Å². The number of fused-ring (bicyclic) bond motifs is 3. The van der Waals surface area contributed by atoms with Gasteiger partial charge in [0, 0.05) is 73.4 Å². The van der Waals surface area contributed by atoms with Gasteiger partial charge in [-0.3, -0.25) is 19.2 Å². The highest BCUT2D eigenvalue weighted by Gasteiger charge is 2.42. The molecule has 2 aromatic rings. The molecule has 328 valence electrons. The maximum atomic E-state index is 13.5. The number of para-hydroxylation sites is 1. The minimum atomic E-state index is -0.154. The Bertz CT molecular complexity index is 1750. The van der Waals surface area contributed by atoms with E-state index in [1.165, 1.54) is 0 Å². The molecule has 3 atom stereocenters. The van der Waals surface area contributed by atoms with E-state index in [2.05, 4.69) is 45.7 Å². The number of rotatable bonds is 27. The van der Waals surface area contributed by atoms with Crippen LogP contribution in [0.2, 0.25) is 0 Å². The summed E-state index contributed by atoms with van der Waals surface area (Å²) in [4.78, 5) is 63.6. The van der Waals surface area contributed by atoms with Gasteiger partial charge in [-0.1, -0.05) is 76.5 Å². The number of urea groups is 1. The maximum absolute atomic E-state index is 13.5. The average Bonchev–Trinajstić information content (AvgIpc) is 3.80. The Kier molecular flexibility index (Phi) is 20.9. The average molecular weight is 885 g/mol. The van der Waals surface area contributed by atoms with Crippen molar-refractivity contribution in [2.24, 2.45) is 0 Å². The van der Waals surface area contributed by atoms with E-state index < -0.39 is 0 Å². The number of nitrogens with one attached hydrogen (secondary N) is 5. The van der Waals surface area contributed by atoms with Crippen molar-refractivity contribution in [3.63, 3.8) is 0 Å². The number of benzene rings is 2. The van der Waals surface area contributed by atoms with Gasteiger partial charge in [0.15, 0.2) is 0 Å². The Labute approximate surface area is 366 Å². The first kappa shape index (κ1) is 47.3. The molecule has 3 heterocycles. The number of unbranched alkanes of at least 4 members (excludes halogenated alkanes) is 1. The van der Waals surface area contributed by atoms with E-state index in [9.17, 15) is 24.0 Å². The second kappa shape index (κ2) is 26.6. The van der Waals surface area contributed by atoms with Crippen molar-refractivity contribution in [1.29, 1.82) is 0 Å². The molecule has 0 aromatic heterocycles. The molecule has 3 aliphatic rings. The molecule has 14 nitrogen and oxygen atoms in total. The van der Waals surface area contributed by atoms with Crippen molar-refractivity contribution in [1.82, 2.24) is 26.6 Å². The first-order valence-corrected chi connectivity index (χ1v) is 24.4. The number of anilines is 1. The van der Waals surface area contributed by atoms with Crippen molar-refractivity contribution in [2.45, 2.75) is 75.7 Å². The maximum Gasteiger partial charge on any atom is 0.315 e. The number of nitrogens with zero attached hydrogens (tertiary/aromatic N) is 1. The summed E-state index contributed by atoms with van der Waals surface area (Å²) in [6.45, 7) is 6.38. The summed E-state index contributed by atoms with van der Waals surface area (Å²) >= 11 is 1.89.